The first-order valence-corrected chi connectivity index (χ1v) is 12.8. The largest absolute Gasteiger partial charge is 0.487 e. The van der Waals surface area contributed by atoms with E-state index in [0.717, 1.165) is 21.3 Å². The standard InChI is InChI=1S/C28H27ClF2N4O6/c1-28(2,40)12-23(36)34-20-7-4-16(10-21(20)35(27(34)39)24(37)13-32-3)14-33-9-8-22(25(29)26(33)38)41-15-17-5-6-18(30)11-19(17)31/h4-11,32,40H,12-15H2,1-3H3. The Bertz CT molecular complexity index is 1770. The minimum atomic E-state index is -1.39. The van der Waals surface area contributed by atoms with E-state index in [2.05, 4.69) is 5.32 Å². The Morgan fingerprint density at radius 1 is 1.02 bits per heavy atom. The molecule has 0 aliphatic heterocycles. The monoisotopic (exact) mass is 588 g/mol. The van der Waals surface area contributed by atoms with Crippen molar-refractivity contribution in [2.45, 2.75) is 39.0 Å². The van der Waals surface area contributed by atoms with Gasteiger partial charge in [0, 0.05) is 17.8 Å². The van der Waals surface area contributed by atoms with Crippen LogP contribution in [0.25, 0.3) is 11.0 Å². The number of hydrogen-bond donors (Lipinski definition) is 2. The third-order valence-corrected chi connectivity index (χ3v) is 6.48. The highest BCUT2D eigenvalue weighted by Gasteiger charge is 2.26. The molecule has 0 aliphatic carbocycles. The number of likely N-dealkylation sites (N-methyl/N-ethyl adjacent to an activating group) is 1. The average molecular weight is 589 g/mol. The topological polar surface area (TPSA) is 125 Å². The molecule has 2 heterocycles. The molecule has 0 bridgehead atoms. The van der Waals surface area contributed by atoms with E-state index in [1.807, 2.05) is 0 Å². The van der Waals surface area contributed by atoms with Gasteiger partial charge in [0.2, 0.25) is 11.8 Å². The molecule has 10 nitrogen and oxygen atoms in total. The molecular weight excluding hydrogens is 562 g/mol. The van der Waals surface area contributed by atoms with Gasteiger partial charge in [-0.2, -0.15) is 0 Å². The Labute approximate surface area is 237 Å². The van der Waals surface area contributed by atoms with Gasteiger partial charge in [-0.15, -0.1) is 0 Å². The zero-order valence-electron chi connectivity index (χ0n) is 22.4. The van der Waals surface area contributed by atoms with E-state index in [1.165, 1.54) is 55.9 Å². The quantitative estimate of drug-likeness (QED) is 0.308. The van der Waals surface area contributed by atoms with Crippen LogP contribution in [0.3, 0.4) is 0 Å². The Balaban J connectivity index is 1.67. The summed E-state index contributed by atoms with van der Waals surface area (Å²) >= 11 is 6.23. The number of fused-ring (bicyclic) bond motifs is 1. The van der Waals surface area contributed by atoms with Crippen molar-refractivity contribution >= 4 is 34.4 Å². The van der Waals surface area contributed by atoms with Crippen molar-refractivity contribution in [2.24, 2.45) is 0 Å². The van der Waals surface area contributed by atoms with Crippen LogP contribution in [0.1, 0.15) is 41.0 Å². The number of halogens is 3. The number of nitrogens with zero attached hydrogens (tertiary/aromatic N) is 3. The molecule has 4 rings (SSSR count). The lowest BCUT2D eigenvalue weighted by Gasteiger charge is -2.15. The third kappa shape index (κ3) is 6.45. The first-order chi connectivity index (χ1) is 19.3. The third-order valence-electron chi connectivity index (χ3n) is 6.14. The van der Waals surface area contributed by atoms with Crippen LogP contribution < -0.4 is 21.3 Å². The van der Waals surface area contributed by atoms with Gasteiger partial charge < -0.3 is 19.7 Å². The smallest absolute Gasteiger partial charge is 0.342 e. The van der Waals surface area contributed by atoms with Crippen molar-refractivity contribution < 1.29 is 28.2 Å². The summed E-state index contributed by atoms with van der Waals surface area (Å²) < 4.78 is 35.5. The van der Waals surface area contributed by atoms with Gasteiger partial charge in [-0.3, -0.25) is 14.4 Å². The van der Waals surface area contributed by atoms with Crippen LogP contribution in [0.5, 0.6) is 5.75 Å². The van der Waals surface area contributed by atoms with E-state index in [4.69, 9.17) is 16.3 Å². The number of ether oxygens (including phenoxy) is 1. The van der Waals surface area contributed by atoms with Crippen LogP contribution in [-0.2, 0) is 13.2 Å². The van der Waals surface area contributed by atoms with Gasteiger partial charge in [0.1, 0.15) is 29.0 Å². The second-order valence-corrected chi connectivity index (χ2v) is 10.4. The second-order valence-electron chi connectivity index (χ2n) is 10.0. The molecule has 4 aromatic rings. The fraction of sp³-hybridized carbons (Fsp3) is 0.286. The van der Waals surface area contributed by atoms with Crippen LogP contribution >= 0.6 is 11.6 Å². The lowest BCUT2D eigenvalue weighted by molar-refractivity contribution is 0.0530. The fourth-order valence-corrected chi connectivity index (χ4v) is 4.49. The number of aliphatic hydroxyl groups is 1. The average Bonchev–Trinajstić information content (AvgIpc) is 3.17. The zero-order chi connectivity index (χ0) is 30.1. The maximum atomic E-state index is 13.9. The van der Waals surface area contributed by atoms with Gasteiger partial charge in [-0.1, -0.05) is 17.7 Å². The van der Waals surface area contributed by atoms with Gasteiger partial charge in [0.15, 0.2) is 0 Å². The number of hydrogen-bond acceptors (Lipinski definition) is 7. The molecule has 0 saturated heterocycles. The number of benzene rings is 2. The first kappa shape index (κ1) is 29.8. The van der Waals surface area contributed by atoms with Crippen LogP contribution in [0.2, 0.25) is 5.02 Å². The maximum absolute atomic E-state index is 13.9. The van der Waals surface area contributed by atoms with Gasteiger partial charge in [0.05, 0.1) is 36.1 Å². The molecule has 2 aromatic carbocycles. The normalized spacial score (nSPS) is 11.7. The summed E-state index contributed by atoms with van der Waals surface area (Å²) in [6.07, 6.45) is 1.05. The van der Waals surface area contributed by atoms with Crippen molar-refractivity contribution in [3.8, 4) is 5.75 Å². The molecule has 2 aromatic heterocycles. The number of imidazole rings is 1. The van der Waals surface area contributed by atoms with Gasteiger partial charge in [-0.05, 0) is 56.8 Å². The van der Waals surface area contributed by atoms with Gasteiger partial charge >= 0.3 is 5.69 Å². The van der Waals surface area contributed by atoms with E-state index < -0.39 is 40.3 Å². The molecule has 0 spiro atoms. The molecule has 0 saturated carbocycles. The highest BCUT2D eigenvalue weighted by atomic mass is 35.5. The minimum absolute atomic E-state index is 0.000917. The number of rotatable bonds is 9. The summed E-state index contributed by atoms with van der Waals surface area (Å²) in [6, 6.07) is 9.04. The predicted octanol–water partition coefficient (Wildman–Crippen LogP) is 3.18. The molecule has 0 atom stereocenters. The molecule has 0 radical (unpaired) electrons. The molecule has 0 fully saturated rings. The fourth-order valence-electron chi connectivity index (χ4n) is 4.26. The van der Waals surface area contributed by atoms with E-state index in [1.54, 1.807) is 6.07 Å². The first-order valence-electron chi connectivity index (χ1n) is 12.5. The summed E-state index contributed by atoms with van der Waals surface area (Å²) in [6.45, 7) is 2.38. The lowest BCUT2D eigenvalue weighted by atomic mass is 10.1. The van der Waals surface area contributed by atoms with Crippen molar-refractivity contribution in [2.75, 3.05) is 13.6 Å². The van der Waals surface area contributed by atoms with E-state index in [9.17, 15) is 33.1 Å². The Morgan fingerprint density at radius 2 is 1.73 bits per heavy atom. The molecule has 13 heteroatoms. The summed E-state index contributed by atoms with van der Waals surface area (Å²) in [5, 5.41) is 12.5. The van der Waals surface area contributed by atoms with Crippen LogP contribution in [0.15, 0.2) is 58.3 Å². The Hall–Kier alpha value is -4.13. The second kappa shape index (κ2) is 11.8. The van der Waals surface area contributed by atoms with Crippen molar-refractivity contribution in [3.63, 3.8) is 0 Å². The number of carbonyl (C=O) groups excluding carboxylic acids is 2. The zero-order valence-corrected chi connectivity index (χ0v) is 23.2. The predicted molar refractivity (Wildman–Crippen MR) is 148 cm³/mol. The molecule has 0 unspecified atom stereocenters. The maximum Gasteiger partial charge on any atom is 0.342 e. The number of aromatic nitrogens is 3. The van der Waals surface area contributed by atoms with Crippen LogP contribution in [0.4, 0.5) is 8.78 Å². The van der Waals surface area contributed by atoms with Gasteiger partial charge in [-0.25, -0.2) is 22.7 Å². The lowest BCUT2D eigenvalue weighted by Crippen LogP contribution is -2.37. The summed E-state index contributed by atoms with van der Waals surface area (Å²) in [5.74, 6) is -2.82. The molecule has 0 amide bonds. The Morgan fingerprint density at radius 3 is 2.39 bits per heavy atom. The van der Waals surface area contributed by atoms with Crippen molar-refractivity contribution in [3.05, 3.63) is 97.3 Å². The van der Waals surface area contributed by atoms with E-state index in [-0.39, 0.29) is 53.5 Å². The molecule has 0 aliphatic rings. The SMILES string of the molecule is CNCC(=O)n1c(=O)n(C(=O)CC(C)(C)O)c2ccc(Cn3ccc(OCc4ccc(F)cc4F)c(Cl)c3=O)cc21. The van der Waals surface area contributed by atoms with Crippen LogP contribution in [-0.4, -0.2) is 49.8 Å². The number of nitrogens with one attached hydrogen (secondary N) is 1. The summed E-state index contributed by atoms with van der Waals surface area (Å²) in [4.78, 5) is 51.9. The molecule has 216 valence electrons. The molecular formula is C28H27ClF2N4O6. The number of pyridine rings is 1. The molecule has 2 N–H and O–H groups in total. The Kier molecular flexibility index (Phi) is 8.57. The highest BCUT2D eigenvalue weighted by Crippen LogP contribution is 2.23. The van der Waals surface area contributed by atoms with Gasteiger partial charge in [0.25, 0.3) is 5.56 Å². The van der Waals surface area contributed by atoms with Crippen molar-refractivity contribution in [1.82, 2.24) is 19.0 Å². The van der Waals surface area contributed by atoms with E-state index in [0.29, 0.717) is 5.56 Å². The van der Waals surface area contributed by atoms with E-state index >= 15 is 0 Å². The highest BCUT2D eigenvalue weighted by molar-refractivity contribution is 6.31. The summed E-state index contributed by atoms with van der Waals surface area (Å²) in [7, 11) is 1.53. The number of carbonyl (C=O) groups is 2. The summed E-state index contributed by atoms with van der Waals surface area (Å²) in [5.41, 5.74) is -1.97. The van der Waals surface area contributed by atoms with Crippen LogP contribution in [0, 0.1) is 11.6 Å². The minimum Gasteiger partial charge on any atom is -0.487 e. The van der Waals surface area contributed by atoms with Crippen molar-refractivity contribution in [1.29, 1.82) is 0 Å². The molecule has 41 heavy (non-hydrogen) atoms.